The number of hydrogen-bond donors (Lipinski definition) is 0. The van der Waals surface area contributed by atoms with Gasteiger partial charge < -0.3 is 18.3 Å². The Kier molecular flexibility index (Phi) is 10.5. The lowest BCUT2D eigenvalue weighted by Gasteiger charge is -2.10. The van der Waals surface area contributed by atoms with Crippen molar-refractivity contribution in [3.8, 4) is 45.0 Å². The van der Waals surface area contributed by atoms with Crippen LogP contribution in [0.2, 0.25) is 0 Å². The van der Waals surface area contributed by atoms with Gasteiger partial charge in [-0.05, 0) is 142 Å². The van der Waals surface area contributed by atoms with E-state index in [1.54, 1.807) is 0 Å². The van der Waals surface area contributed by atoms with Crippen molar-refractivity contribution in [1.82, 2.24) is 28.2 Å². The van der Waals surface area contributed by atoms with E-state index in [2.05, 4.69) is 295 Å². The van der Waals surface area contributed by atoms with E-state index in [0.717, 1.165) is 22.4 Å². The Balaban J connectivity index is 0.000000133. The maximum absolute atomic E-state index is 4.48. The second kappa shape index (κ2) is 18.4. The van der Waals surface area contributed by atoms with Gasteiger partial charge in [0, 0.05) is 78.2 Å². The molecular formula is C74H48N6. The first-order valence-electron chi connectivity index (χ1n) is 27.2. The van der Waals surface area contributed by atoms with Gasteiger partial charge in [-0.25, -0.2) is 0 Å². The minimum atomic E-state index is 1.11. The lowest BCUT2D eigenvalue weighted by atomic mass is 9.98. The zero-order valence-electron chi connectivity index (χ0n) is 43.4. The zero-order chi connectivity index (χ0) is 52.7. The molecule has 11 aromatic carbocycles. The number of para-hydroxylation sites is 5. The third-order valence-electron chi connectivity index (χ3n) is 16.2. The second-order valence-corrected chi connectivity index (χ2v) is 20.6. The van der Waals surface area contributed by atoms with E-state index in [9.17, 15) is 0 Å². The lowest BCUT2D eigenvalue weighted by molar-refractivity contribution is 1.17. The molecule has 0 fully saturated rings. The van der Waals surface area contributed by atoms with E-state index in [4.69, 9.17) is 0 Å². The number of pyridine rings is 2. The molecule has 0 spiro atoms. The van der Waals surface area contributed by atoms with Crippen LogP contribution in [0.5, 0.6) is 0 Å². The third kappa shape index (κ3) is 7.13. The van der Waals surface area contributed by atoms with Gasteiger partial charge >= 0.3 is 0 Å². The highest BCUT2D eigenvalue weighted by molar-refractivity contribution is 6.19. The number of aromatic nitrogens is 6. The van der Waals surface area contributed by atoms with Crippen molar-refractivity contribution in [2.45, 2.75) is 0 Å². The van der Waals surface area contributed by atoms with Crippen LogP contribution in [0, 0.1) is 0 Å². The van der Waals surface area contributed by atoms with Crippen LogP contribution in [-0.2, 0) is 0 Å². The molecule has 6 aromatic heterocycles. The minimum absolute atomic E-state index is 1.11. The summed E-state index contributed by atoms with van der Waals surface area (Å²) in [5.41, 5.74) is 19.0. The van der Waals surface area contributed by atoms with Crippen LogP contribution in [-0.4, -0.2) is 28.2 Å². The van der Waals surface area contributed by atoms with Gasteiger partial charge in [-0.15, -0.1) is 0 Å². The second-order valence-electron chi connectivity index (χ2n) is 20.6. The molecule has 0 N–H and O–H groups in total. The number of hydrogen-bond acceptors (Lipinski definition) is 2. The molecule has 0 bridgehead atoms. The van der Waals surface area contributed by atoms with Gasteiger partial charge in [0.05, 0.1) is 56.5 Å². The monoisotopic (exact) mass is 1020 g/mol. The van der Waals surface area contributed by atoms with Gasteiger partial charge in [-0.1, -0.05) is 158 Å². The fraction of sp³-hybridized carbons (Fsp3) is 0. The molecule has 0 aliphatic heterocycles. The summed E-state index contributed by atoms with van der Waals surface area (Å²) >= 11 is 0. The summed E-state index contributed by atoms with van der Waals surface area (Å²) in [6, 6.07) is 95.9. The lowest BCUT2D eigenvalue weighted by Crippen LogP contribution is -1.94. The van der Waals surface area contributed by atoms with E-state index in [-0.39, 0.29) is 0 Å². The smallest absolute Gasteiger partial charge is 0.0724 e. The quantitative estimate of drug-likeness (QED) is 0.167. The van der Waals surface area contributed by atoms with Crippen molar-refractivity contribution in [1.29, 1.82) is 0 Å². The molecule has 17 aromatic rings. The van der Waals surface area contributed by atoms with Crippen molar-refractivity contribution < 1.29 is 0 Å². The van der Waals surface area contributed by atoms with Gasteiger partial charge in [0.1, 0.15) is 0 Å². The standard InChI is InChI=1S/C39H25N3.C35H23N3/c1-2-11-29(12-3-1)41-36-20-18-28(24-34(36)32-21-22-40-25-38(32)41)31-14-8-16-37-39(31)33-13-6-7-15-35(33)42(37)30-19-17-26-9-4-5-10-27(26)23-30;1-3-10-25(11-4-1)37-31-16-8-7-14-29(31)35-27(15-9-17-33(35)37)24-18-19-32-30(22-24)28-20-21-36-23-34(28)38(32)26-12-5-2-6-13-26/h1-25H;1-23H. The van der Waals surface area contributed by atoms with Crippen LogP contribution in [0.3, 0.4) is 0 Å². The normalized spacial score (nSPS) is 11.8. The molecule has 0 unspecified atom stereocenters. The fourth-order valence-corrected chi connectivity index (χ4v) is 12.8. The SMILES string of the molecule is c1ccc(-n2c3ccc(-c4cccc5c4c4ccccc4n5-c4ccc5ccccc5c4)cc3c3ccncc32)cc1.c1ccc(-n2c3ccc(-c4cccc5c4c4ccccc4n5-c4ccccc4)cc3c3ccncc32)cc1. The van der Waals surface area contributed by atoms with Crippen molar-refractivity contribution in [3.63, 3.8) is 0 Å². The van der Waals surface area contributed by atoms with Crippen LogP contribution in [0.15, 0.2) is 292 Å². The average Bonchev–Trinajstić information content (AvgIpc) is 4.37. The van der Waals surface area contributed by atoms with Crippen LogP contribution < -0.4 is 0 Å². The largest absolute Gasteiger partial charge is 0.309 e. The molecule has 0 amide bonds. The number of rotatable bonds is 6. The topological polar surface area (TPSA) is 45.5 Å². The van der Waals surface area contributed by atoms with Gasteiger partial charge in [-0.2, -0.15) is 0 Å². The summed E-state index contributed by atoms with van der Waals surface area (Å²) in [6.45, 7) is 0. The minimum Gasteiger partial charge on any atom is -0.309 e. The summed E-state index contributed by atoms with van der Waals surface area (Å²) < 4.78 is 9.41. The molecule has 0 saturated carbocycles. The molecular weight excluding hydrogens is 973 g/mol. The highest BCUT2D eigenvalue weighted by Crippen LogP contribution is 2.43. The van der Waals surface area contributed by atoms with Crippen molar-refractivity contribution in [2.75, 3.05) is 0 Å². The maximum Gasteiger partial charge on any atom is 0.0724 e. The highest BCUT2D eigenvalue weighted by Gasteiger charge is 2.21. The van der Waals surface area contributed by atoms with Gasteiger partial charge in [0.15, 0.2) is 0 Å². The summed E-state index contributed by atoms with van der Waals surface area (Å²) in [4.78, 5) is 8.93. The third-order valence-corrected chi connectivity index (χ3v) is 16.2. The van der Waals surface area contributed by atoms with Crippen molar-refractivity contribution in [2.24, 2.45) is 0 Å². The summed E-state index contributed by atoms with van der Waals surface area (Å²) in [6.07, 6.45) is 7.72. The number of fused-ring (bicyclic) bond motifs is 13. The fourth-order valence-electron chi connectivity index (χ4n) is 12.8. The molecule has 6 nitrogen and oxygen atoms in total. The van der Waals surface area contributed by atoms with E-state index >= 15 is 0 Å². The Bertz CT molecular complexity index is 5240. The highest BCUT2D eigenvalue weighted by atomic mass is 15.0. The maximum atomic E-state index is 4.48. The summed E-state index contributed by atoms with van der Waals surface area (Å²) in [5, 5.41) is 12.4. The average molecular weight is 1020 g/mol. The van der Waals surface area contributed by atoms with E-state index in [1.807, 2.05) is 24.8 Å². The Labute approximate surface area is 460 Å². The van der Waals surface area contributed by atoms with Gasteiger partial charge in [-0.3, -0.25) is 9.97 Å². The Morgan fingerprint density at radius 2 is 0.625 bits per heavy atom. The first-order chi connectivity index (χ1) is 39.7. The Morgan fingerprint density at radius 3 is 1.12 bits per heavy atom. The molecule has 80 heavy (non-hydrogen) atoms. The molecule has 0 aliphatic rings. The number of nitrogens with zero attached hydrogens (tertiary/aromatic N) is 6. The van der Waals surface area contributed by atoms with Crippen LogP contribution in [0.25, 0.3) is 143 Å². The van der Waals surface area contributed by atoms with Gasteiger partial charge in [0.2, 0.25) is 0 Å². The summed E-state index contributed by atoms with van der Waals surface area (Å²) in [5.74, 6) is 0. The molecule has 6 heteroatoms. The Hall–Kier alpha value is -10.8. The molecule has 6 heterocycles. The van der Waals surface area contributed by atoms with Crippen LogP contribution >= 0.6 is 0 Å². The van der Waals surface area contributed by atoms with Crippen LogP contribution in [0.1, 0.15) is 0 Å². The first-order valence-corrected chi connectivity index (χ1v) is 27.2. The summed E-state index contributed by atoms with van der Waals surface area (Å²) in [7, 11) is 0. The molecule has 374 valence electrons. The van der Waals surface area contributed by atoms with Crippen molar-refractivity contribution >= 4 is 98.0 Å². The first kappa shape index (κ1) is 45.4. The molecule has 0 saturated heterocycles. The van der Waals surface area contributed by atoms with Gasteiger partial charge in [0.25, 0.3) is 0 Å². The molecule has 17 rings (SSSR count). The predicted molar refractivity (Wildman–Crippen MR) is 334 cm³/mol. The predicted octanol–water partition coefficient (Wildman–Crippen LogP) is 19.0. The number of benzene rings is 11. The molecule has 0 aliphatic carbocycles. The van der Waals surface area contributed by atoms with E-state index < -0.39 is 0 Å². The van der Waals surface area contributed by atoms with E-state index in [1.165, 1.54) is 121 Å². The van der Waals surface area contributed by atoms with Crippen molar-refractivity contribution in [3.05, 3.63) is 292 Å². The van der Waals surface area contributed by atoms with E-state index in [0.29, 0.717) is 0 Å². The molecule has 0 atom stereocenters. The molecule has 0 radical (unpaired) electrons. The van der Waals surface area contributed by atoms with Crippen LogP contribution in [0.4, 0.5) is 0 Å². The zero-order valence-corrected chi connectivity index (χ0v) is 43.4. The Morgan fingerprint density at radius 1 is 0.225 bits per heavy atom.